The molecule has 0 saturated carbocycles. The Bertz CT molecular complexity index is 1200. The second-order valence-electron chi connectivity index (χ2n) is 7.92. The minimum absolute atomic E-state index is 0.272. The molecule has 1 unspecified atom stereocenters. The number of hydrogen-bond acceptors (Lipinski definition) is 3. The highest BCUT2D eigenvalue weighted by Gasteiger charge is 2.44. The highest BCUT2D eigenvalue weighted by atomic mass is 19.1. The number of hydrogen-bond donors (Lipinski definition) is 1. The third kappa shape index (κ3) is 3.15. The van der Waals surface area contributed by atoms with Gasteiger partial charge in [0.25, 0.3) is 5.91 Å². The van der Waals surface area contributed by atoms with Crippen LogP contribution in [0.1, 0.15) is 18.2 Å². The van der Waals surface area contributed by atoms with Crippen LogP contribution in [0.3, 0.4) is 0 Å². The molecule has 0 radical (unpaired) electrons. The fourth-order valence-corrected chi connectivity index (χ4v) is 4.42. The van der Waals surface area contributed by atoms with Crippen molar-refractivity contribution in [2.24, 2.45) is 0 Å². The molecule has 5 rings (SSSR count). The number of amides is 4. The monoisotopic (exact) mass is 420 g/mol. The van der Waals surface area contributed by atoms with Crippen LogP contribution in [0.4, 0.5) is 14.9 Å². The molecule has 31 heavy (non-hydrogen) atoms. The van der Waals surface area contributed by atoms with E-state index in [0.717, 1.165) is 27.1 Å². The lowest BCUT2D eigenvalue weighted by Crippen LogP contribution is -2.45. The molecule has 158 valence electrons. The number of fused-ring (bicyclic) bond motifs is 3. The Morgan fingerprint density at radius 3 is 2.65 bits per heavy atom. The lowest BCUT2D eigenvalue weighted by Gasteiger charge is -2.28. The summed E-state index contributed by atoms with van der Waals surface area (Å²) in [4.78, 5) is 46.0. The predicted octanol–water partition coefficient (Wildman–Crippen LogP) is 3.05. The molecule has 0 bridgehead atoms. The lowest BCUT2D eigenvalue weighted by atomic mass is 10.0. The van der Waals surface area contributed by atoms with E-state index in [9.17, 15) is 18.8 Å². The summed E-state index contributed by atoms with van der Waals surface area (Å²) < 4.78 is 13.2. The van der Waals surface area contributed by atoms with Gasteiger partial charge < -0.3 is 9.88 Å². The summed E-state index contributed by atoms with van der Waals surface area (Å²) in [6, 6.07) is 12.0. The predicted molar refractivity (Wildman–Crippen MR) is 113 cm³/mol. The number of carbonyl (C=O) groups is 3. The highest BCUT2D eigenvalue weighted by molar-refractivity contribution is 6.15. The lowest BCUT2D eigenvalue weighted by molar-refractivity contribution is -0.137. The van der Waals surface area contributed by atoms with Gasteiger partial charge >= 0.3 is 6.03 Å². The maximum absolute atomic E-state index is 13.2. The third-order valence-corrected chi connectivity index (χ3v) is 6.08. The molecular formula is C23H21FN4O3. The zero-order chi connectivity index (χ0) is 21.7. The molecule has 2 aliphatic rings. The van der Waals surface area contributed by atoms with Gasteiger partial charge in [-0.2, -0.15) is 0 Å². The smallest absolute Gasteiger partial charge is 0.332 e. The number of para-hydroxylation sites is 1. The molecule has 1 fully saturated rings. The summed E-state index contributed by atoms with van der Waals surface area (Å²) in [5, 5.41) is 1.08. The van der Waals surface area contributed by atoms with Crippen molar-refractivity contribution in [1.29, 1.82) is 0 Å². The minimum atomic E-state index is -0.757. The number of aromatic amines is 1. The number of nitrogens with one attached hydrogen (secondary N) is 1. The standard InChI is InChI=1S/C23H21FN4O3/c1-14-22(30)27(23(31)28(14)16-8-6-15(24)7-9-16)13-21(29)26-11-10-20-18(12-26)17-4-2-3-5-19(17)25-20/h2-9,14,25H,10-13H2,1H3. The molecule has 2 aliphatic heterocycles. The van der Waals surface area contributed by atoms with Crippen molar-refractivity contribution < 1.29 is 18.8 Å². The van der Waals surface area contributed by atoms with Crippen LogP contribution in [-0.2, 0) is 22.6 Å². The molecule has 1 N–H and O–H groups in total. The molecule has 2 aromatic carbocycles. The number of benzene rings is 2. The molecular weight excluding hydrogens is 399 g/mol. The van der Waals surface area contributed by atoms with E-state index >= 15 is 0 Å². The number of imide groups is 1. The molecule has 7 nitrogen and oxygen atoms in total. The van der Waals surface area contributed by atoms with Crippen LogP contribution in [0.5, 0.6) is 0 Å². The van der Waals surface area contributed by atoms with Gasteiger partial charge in [-0.25, -0.2) is 9.18 Å². The van der Waals surface area contributed by atoms with Crippen molar-refractivity contribution in [3.63, 3.8) is 0 Å². The van der Waals surface area contributed by atoms with Crippen molar-refractivity contribution in [2.45, 2.75) is 25.9 Å². The van der Waals surface area contributed by atoms with Gasteiger partial charge in [-0.05, 0) is 37.3 Å². The second kappa shape index (κ2) is 7.23. The molecule has 3 aromatic rings. The van der Waals surface area contributed by atoms with Crippen LogP contribution in [0.2, 0.25) is 0 Å². The zero-order valence-corrected chi connectivity index (χ0v) is 17.0. The summed E-state index contributed by atoms with van der Waals surface area (Å²) in [5.41, 5.74) is 3.66. The maximum Gasteiger partial charge on any atom is 0.332 e. The summed E-state index contributed by atoms with van der Waals surface area (Å²) in [7, 11) is 0. The molecule has 1 aromatic heterocycles. The number of nitrogens with zero attached hydrogens (tertiary/aromatic N) is 3. The fraction of sp³-hybridized carbons (Fsp3) is 0.261. The van der Waals surface area contributed by atoms with Gasteiger partial charge in [0.05, 0.1) is 0 Å². The molecule has 1 atom stereocenters. The van der Waals surface area contributed by atoms with Crippen LogP contribution in [0.25, 0.3) is 10.9 Å². The second-order valence-corrected chi connectivity index (χ2v) is 7.92. The van der Waals surface area contributed by atoms with Crippen molar-refractivity contribution in [2.75, 3.05) is 18.0 Å². The minimum Gasteiger partial charge on any atom is -0.358 e. The van der Waals surface area contributed by atoms with Crippen molar-refractivity contribution in [3.05, 3.63) is 65.6 Å². The Balaban J connectivity index is 1.34. The number of H-pyrrole nitrogens is 1. The largest absolute Gasteiger partial charge is 0.358 e. The topological polar surface area (TPSA) is 76.7 Å². The molecule has 0 spiro atoms. The van der Waals surface area contributed by atoms with Gasteiger partial charge in [-0.15, -0.1) is 0 Å². The van der Waals surface area contributed by atoms with Gasteiger partial charge in [0.15, 0.2) is 0 Å². The van der Waals surface area contributed by atoms with Crippen molar-refractivity contribution in [1.82, 2.24) is 14.8 Å². The Morgan fingerprint density at radius 2 is 1.87 bits per heavy atom. The van der Waals surface area contributed by atoms with Gasteiger partial charge in [-0.1, -0.05) is 18.2 Å². The first kappa shape index (κ1) is 19.3. The maximum atomic E-state index is 13.2. The quantitative estimate of drug-likeness (QED) is 0.662. The van der Waals surface area contributed by atoms with Crippen LogP contribution in [-0.4, -0.2) is 51.8 Å². The van der Waals surface area contributed by atoms with E-state index < -0.39 is 23.8 Å². The van der Waals surface area contributed by atoms with E-state index in [4.69, 9.17) is 0 Å². The Hall–Kier alpha value is -3.68. The number of halogens is 1. The summed E-state index contributed by atoms with van der Waals surface area (Å²) in [6.07, 6.45) is 0.690. The number of carbonyl (C=O) groups excluding carboxylic acids is 3. The number of anilines is 1. The Kier molecular flexibility index (Phi) is 4.50. The average molecular weight is 420 g/mol. The third-order valence-electron chi connectivity index (χ3n) is 6.08. The van der Waals surface area contributed by atoms with E-state index in [1.54, 1.807) is 11.8 Å². The number of aromatic nitrogens is 1. The van der Waals surface area contributed by atoms with E-state index in [2.05, 4.69) is 4.98 Å². The van der Waals surface area contributed by atoms with Crippen molar-refractivity contribution in [3.8, 4) is 0 Å². The van der Waals surface area contributed by atoms with E-state index in [0.29, 0.717) is 25.2 Å². The molecule has 8 heteroatoms. The molecule has 4 amide bonds. The van der Waals surface area contributed by atoms with Crippen LogP contribution >= 0.6 is 0 Å². The van der Waals surface area contributed by atoms with E-state index in [1.807, 2.05) is 24.3 Å². The summed E-state index contributed by atoms with van der Waals surface area (Å²) in [5.74, 6) is -1.14. The first-order chi connectivity index (χ1) is 14.9. The van der Waals surface area contributed by atoms with Gasteiger partial charge in [-0.3, -0.25) is 19.4 Å². The van der Waals surface area contributed by atoms with Gasteiger partial charge in [0, 0.05) is 47.4 Å². The Morgan fingerprint density at radius 1 is 1.13 bits per heavy atom. The first-order valence-corrected chi connectivity index (χ1v) is 10.2. The van der Waals surface area contributed by atoms with E-state index in [1.165, 1.54) is 29.2 Å². The molecule has 0 aliphatic carbocycles. The SMILES string of the molecule is CC1C(=O)N(CC(=O)N2CCc3[nH]c4ccccc4c3C2)C(=O)N1c1ccc(F)cc1. The summed E-state index contributed by atoms with van der Waals surface area (Å²) in [6.45, 7) is 2.25. The van der Waals surface area contributed by atoms with Crippen LogP contribution in [0.15, 0.2) is 48.5 Å². The van der Waals surface area contributed by atoms with Gasteiger partial charge in [0.2, 0.25) is 5.91 Å². The normalized spacial score (nSPS) is 18.8. The fourth-order valence-electron chi connectivity index (χ4n) is 4.42. The molecule has 1 saturated heterocycles. The van der Waals surface area contributed by atoms with Crippen molar-refractivity contribution >= 4 is 34.4 Å². The highest BCUT2D eigenvalue weighted by Crippen LogP contribution is 2.29. The van der Waals surface area contributed by atoms with Gasteiger partial charge in [0.1, 0.15) is 18.4 Å². The van der Waals surface area contributed by atoms with Crippen LogP contribution in [0, 0.1) is 5.82 Å². The first-order valence-electron chi connectivity index (χ1n) is 10.2. The average Bonchev–Trinajstić information content (AvgIpc) is 3.24. The number of urea groups is 1. The Labute approximate surface area is 178 Å². The molecule has 3 heterocycles. The zero-order valence-electron chi connectivity index (χ0n) is 17.0. The summed E-state index contributed by atoms with van der Waals surface area (Å²) >= 11 is 0. The number of rotatable bonds is 3. The van der Waals surface area contributed by atoms with Crippen LogP contribution < -0.4 is 4.90 Å². The van der Waals surface area contributed by atoms with E-state index in [-0.39, 0.29) is 12.5 Å².